The summed E-state index contributed by atoms with van der Waals surface area (Å²) in [6.45, 7) is 10.8. The van der Waals surface area contributed by atoms with E-state index in [1.54, 1.807) is 0 Å². The SMILES string of the molecule is CC(C)(C)[Si](C)(C)OC(CCCl)c1nnc(-c2ccccc2Cc2ccc(C(F)(F)F)cc2)o1. The summed E-state index contributed by atoms with van der Waals surface area (Å²) in [5, 5.41) is 8.53. The van der Waals surface area contributed by atoms with Crippen LogP contribution in [0.3, 0.4) is 0 Å². The van der Waals surface area contributed by atoms with Crippen molar-refractivity contribution in [1.82, 2.24) is 10.2 Å². The van der Waals surface area contributed by atoms with Crippen molar-refractivity contribution in [3.8, 4) is 11.5 Å². The van der Waals surface area contributed by atoms with Crippen LogP contribution < -0.4 is 0 Å². The lowest BCUT2D eigenvalue weighted by molar-refractivity contribution is -0.137. The fourth-order valence-corrected chi connectivity index (χ4v) is 4.73. The molecule has 3 aromatic rings. The van der Waals surface area contributed by atoms with Crippen LogP contribution in [0.2, 0.25) is 18.1 Å². The fourth-order valence-electron chi connectivity index (χ4n) is 3.25. The molecule has 0 fully saturated rings. The van der Waals surface area contributed by atoms with Crippen LogP contribution in [0.15, 0.2) is 52.9 Å². The second-order valence-corrected chi connectivity index (χ2v) is 15.0. The molecular weight excluding hydrogens is 481 g/mol. The third kappa shape index (κ3) is 6.28. The summed E-state index contributed by atoms with van der Waals surface area (Å²) >= 11 is 6.04. The number of aromatic nitrogens is 2. The van der Waals surface area contributed by atoms with Crippen molar-refractivity contribution in [1.29, 1.82) is 0 Å². The van der Waals surface area contributed by atoms with E-state index < -0.39 is 26.2 Å². The third-order valence-corrected chi connectivity index (χ3v) is 11.0. The molecule has 0 amide bonds. The van der Waals surface area contributed by atoms with Crippen LogP contribution >= 0.6 is 11.6 Å². The molecular formula is C25H30ClF3N2O2Si. The van der Waals surface area contributed by atoms with Gasteiger partial charge in [-0.1, -0.05) is 51.1 Å². The average Bonchev–Trinajstić information content (AvgIpc) is 3.23. The predicted molar refractivity (Wildman–Crippen MR) is 130 cm³/mol. The van der Waals surface area contributed by atoms with Gasteiger partial charge in [-0.05, 0) is 60.3 Å². The molecule has 0 aliphatic rings. The van der Waals surface area contributed by atoms with Gasteiger partial charge in [-0.15, -0.1) is 21.8 Å². The Bertz CT molecular complexity index is 1090. The van der Waals surface area contributed by atoms with E-state index in [9.17, 15) is 13.2 Å². The van der Waals surface area contributed by atoms with Gasteiger partial charge in [0, 0.05) is 11.4 Å². The van der Waals surface area contributed by atoms with E-state index in [1.165, 1.54) is 12.1 Å². The summed E-state index contributed by atoms with van der Waals surface area (Å²) in [5.41, 5.74) is 1.69. The Hall–Kier alpha value is -2.16. The molecule has 0 bridgehead atoms. The summed E-state index contributed by atoms with van der Waals surface area (Å²) in [6.07, 6.45) is -3.79. The van der Waals surface area contributed by atoms with Crippen molar-refractivity contribution in [3.63, 3.8) is 0 Å². The monoisotopic (exact) mass is 510 g/mol. The first-order valence-corrected chi connectivity index (χ1v) is 14.6. The smallest absolute Gasteiger partial charge is 0.416 e. The minimum Gasteiger partial charge on any atom is -0.418 e. The highest BCUT2D eigenvalue weighted by Crippen LogP contribution is 2.41. The molecule has 1 unspecified atom stereocenters. The quantitative estimate of drug-likeness (QED) is 0.227. The van der Waals surface area contributed by atoms with Crippen molar-refractivity contribution in [2.45, 2.75) is 64.0 Å². The Balaban J connectivity index is 1.86. The number of hydrogen-bond donors (Lipinski definition) is 0. The average molecular weight is 511 g/mol. The van der Waals surface area contributed by atoms with Gasteiger partial charge in [0.25, 0.3) is 0 Å². The van der Waals surface area contributed by atoms with Crippen LogP contribution in [0.1, 0.15) is 55.9 Å². The molecule has 0 saturated carbocycles. The zero-order chi connectivity index (χ0) is 25.1. The minimum absolute atomic E-state index is 0.00861. The normalized spacial score (nSPS) is 13.8. The molecule has 2 aromatic carbocycles. The molecule has 0 spiro atoms. The predicted octanol–water partition coefficient (Wildman–Crippen LogP) is 8.04. The summed E-state index contributed by atoms with van der Waals surface area (Å²) in [7, 11) is -2.10. The summed E-state index contributed by atoms with van der Waals surface area (Å²) in [5.74, 6) is 1.11. The van der Waals surface area contributed by atoms with Gasteiger partial charge < -0.3 is 8.84 Å². The Morgan fingerprint density at radius 3 is 2.24 bits per heavy atom. The molecule has 34 heavy (non-hydrogen) atoms. The van der Waals surface area contributed by atoms with Crippen LogP contribution in [0.4, 0.5) is 13.2 Å². The van der Waals surface area contributed by atoms with Crippen LogP contribution in [0, 0.1) is 0 Å². The third-order valence-electron chi connectivity index (χ3n) is 6.25. The molecule has 0 radical (unpaired) electrons. The molecule has 1 atom stereocenters. The maximum Gasteiger partial charge on any atom is 0.416 e. The lowest BCUT2D eigenvalue weighted by Crippen LogP contribution is -2.42. The summed E-state index contributed by atoms with van der Waals surface area (Å²) in [6, 6.07) is 12.7. The first-order chi connectivity index (χ1) is 15.8. The van der Waals surface area contributed by atoms with E-state index >= 15 is 0 Å². The second-order valence-electron chi connectivity index (χ2n) is 9.82. The summed E-state index contributed by atoms with van der Waals surface area (Å²) in [4.78, 5) is 0. The van der Waals surface area contributed by atoms with Gasteiger partial charge >= 0.3 is 6.18 Å². The van der Waals surface area contributed by atoms with Crippen LogP contribution in [-0.2, 0) is 17.0 Å². The van der Waals surface area contributed by atoms with Crippen LogP contribution in [0.25, 0.3) is 11.5 Å². The molecule has 0 saturated heterocycles. The van der Waals surface area contributed by atoms with Crippen molar-refractivity contribution < 1.29 is 22.0 Å². The van der Waals surface area contributed by atoms with Crippen LogP contribution in [-0.4, -0.2) is 24.4 Å². The molecule has 3 rings (SSSR count). The zero-order valence-corrected chi connectivity index (χ0v) is 21.8. The van der Waals surface area contributed by atoms with E-state index in [1.807, 2.05) is 24.3 Å². The summed E-state index contributed by atoms with van der Waals surface area (Å²) < 4.78 is 51.2. The highest BCUT2D eigenvalue weighted by Gasteiger charge is 2.40. The van der Waals surface area contributed by atoms with E-state index in [4.69, 9.17) is 20.4 Å². The van der Waals surface area contributed by atoms with E-state index in [0.717, 1.165) is 28.8 Å². The first-order valence-electron chi connectivity index (χ1n) is 11.1. The van der Waals surface area contributed by atoms with Gasteiger partial charge in [-0.3, -0.25) is 0 Å². The van der Waals surface area contributed by atoms with Gasteiger partial charge in [-0.25, -0.2) is 0 Å². The fraction of sp³-hybridized carbons (Fsp3) is 0.440. The van der Waals surface area contributed by atoms with Gasteiger partial charge in [0.1, 0.15) is 6.10 Å². The number of nitrogens with zero attached hydrogens (tertiary/aromatic N) is 2. The maximum absolute atomic E-state index is 12.9. The number of benzene rings is 2. The largest absolute Gasteiger partial charge is 0.418 e. The van der Waals surface area contributed by atoms with Gasteiger partial charge in [0.2, 0.25) is 11.8 Å². The zero-order valence-electron chi connectivity index (χ0n) is 20.0. The topological polar surface area (TPSA) is 48.2 Å². The maximum atomic E-state index is 12.9. The second kappa shape index (κ2) is 10.2. The lowest BCUT2D eigenvalue weighted by atomic mass is 9.99. The number of halogens is 4. The Morgan fingerprint density at radius 2 is 1.65 bits per heavy atom. The van der Waals surface area contributed by atoms with Gasteiger partial charge in [0.15, 0.2) is 8.32 Å². The molecule has 4 nitrogen and oxygen atoms in total. The van der Waals surface area contributed by atoms with Crippen molar-refractivity contribution in [2.24, 2.45) is 0 Å². The van der Waals surface area contributed by atoms with E-state index in [0.29, 0.717) is 30.5 Å². The molecule has 9 heteroatoms. The van der Waals surface area contributed by atoms with Gasteiger partial charge in [-0.2, -0.15) is 13.2 Å². The minimum atomic E-state index is -4.36. The Morgan fingerprint density at radius 1 is 1.00 bits per heavy atom. The Kier molecular flexibility index (Phi) is 7.95. The molecule has 0 aliphatic carbocycles. The number of rotatable bonds is 8. The first kappa shape index (κ1) is 26.4. The van der Waals surface area contributed by atoms with Crippen LogP contribution in [0.5, 0.6) is 0 Å². The van der Waals surface area contributed by atoms with Crippen molar-refractivity contribution >= 4 is 19.9 Å². The molecule has 1 aromatic heterocycles. The van der Waals surface area contributed by atoms with Gasteiger partial charge in [0.05, 0.1) is 5.56 Å². The van der Waals surface area contributed by atoms with E-state index in [2.05, 4.69) is 44.1 Å². The number of alkyl halides is 4. The Labute approximate surface area is 204 Å². The highest BCUT2D eigenvalue weighted by molar-refractivity contribution is 6.74. The van der Waals surface area contributed by atoms with E-state index in [-0.39, 0.29) is 5.04 Å². The lowest BCUT2D eigenvalue weighted by Gasteiger charge is -2.38. The number of hydrogen-bond acceptors (Lipinski definition) is 4. The molecule has 1 heterocycles. The standard InChI is InChI=1S/C25H30ClF3N2O2Si/c1-24(2,3)34(4,5)33-21(14-15-26)23-31-30-22(32-23)20-9-7-6-8-18(20)16-17-10-12-19(13-11-17)25(27,28)29/h6-13,21H,14-16H2,1-5H3. The molecule has 0 aliphatic heterocycles. The molecule has 184 valence electrons. The molecule has 0 N–H and O–H groups in total. The van der Waals surface area contributed by atoms with Crippen molar-refractivity contribution in [2.75, 3.05) is 5.88 Å². The highest BCUT2D eigenvalue weighted by atomic mass is 35.5. The van der Waals surface area contributed by atoms with Crippen molar-refractivity contribution in [3.05, 3.63) is 71.1 Å².